The van der Waals surface area contributed by atoms with Crippen LogP contribution in [0.3, 0.4) is 0 Å². The van der Waals surface area contributed by atoms with Crippen molar-refractivity contribution in [1.29, 1.82) is 0 Å². The van der Waals surface area contributed by atoms with Crippen molar-refractivity contribution in [3.8, 4) is 5.75 Å². The summed E-state index contributed by atoms with van der Waals surface area (Å²) in [6.07, 6.45) is -1.000. The van der Waals surface area contributed by atoms with E-state index in [0.29, 0.717) is 38.5 Å². The first kappa shape index (κ1) is 29.4. The Morgan fingerprint density at radius 3 is 1.85 bits per heavy atom. The summed E-state index contributed by atoms with van der Waals surface area (Å²) in [7, 11) is 0. The standard InChI is InChI=1S/C30H33F7O2/c1-2-3-4-19-5-7-20(8-6-19)21-9-13-24(14-10-21)29(33,34)38-25-15-11-22(12-16-25)23-17-26(31)28(27(32)18-23)39-30(35,36)37/h2-3,5-8,17-18,21-22,24-25H,4,9-16H2,1H3/b3-2+. The molecule has 0 radical (unpaired) electrons. The third-order valence-electron chi connectivity index (χ3n) is 7.95. The van der Waals surface area contributed by atoms with Crippen LogP contribution in [0.4, 0.5) is 30.7 Å². The van der Waals surface area contributed by atoms with Crippen LogP contribution in [0.25, 0.3) is 0 Å². The van der Waals surface area contributed by atoms with E-state index in [2.05, 4.69) is 35.1 Å². The van der Waals surface area contributed by atoms with Crippen molar-refractivity contribution in [2.24, 2.45) is 5.92 Å². The van der Waals surface area contributed by atoms with E-state index in [1.54, 1.807) is 0 Å². The minimum atomic E-state index is -5.22. The molecule has 0 spiro atoms. The van der Waals surface area contributed by atoms with Crippen LogP contribution in [0.1, 0.15) is 86.8 Å². The van der Waals surface area contributed by atoms with E-state index >= 15 is 8.78 Å². The van der Waals surface area contributed by atoms with Gasteiger partial charge in [-0.3, -0.25) is 0 Å². The molecule has 0 aromatic heterocycles. The summed E-state index contributed by atoms with van der Waals surface area (Å²) in [6.45, 7) is 1.98. The highest BCUT2D eigenvalue weighted by Crippen LogP contribution is 2.45. The number of hydrogen-bond acceptors (Lipinski definition) is 2. The molecule has 0 N–H and O–H groups in total. The first-order valence-electron chi connectivity index (χ1n) is 13.5. The van der Waals surface area contributed by atoms with E-state index in [4.69, 9.17) is 4.74 Å². The maximum absolute atomic E-state index is 15.1. The van der Waals surface area contributed by atoms with Gasteiger partial charge in [0.25, 0.3) is 0 Å². The molecule has 2 saturated carbocycles. The minimum Gasteiger partial charge on any atom is -0.399 e. The molecule has 39 heavy (non-hydrogen) atoms. The first-order chi connectivity index (χ1) is 18.4. The molecular weight excluding hydrogens is 525 g/mol. The van der Waals surface area contributed by atoms with Crippen LogP contribution < -0.4 is 4.74 Å². The highest BCUT2D eigenvalue weighted by Gasteiger charge is 2.45. The molecule has 2 nitrogen and oxygen atoms in total. The Bertz CT molecular complexity index is 1090. The molecule has 9 heteroatoms. The van der Waals surface area contributed by atoms with Gasteiger partial charge in [-0.05, 0) is 105 Å². The van der Waals surface area contributed by atoms with E-state index in [9.17, 15) is 22.0 Å². The molecule has 4 rings (SSSR count). The average molecular weight is 559 g/mol. The number of hydrogen-bond donors (Lipinski definition) is 0. The van der Waals surface area contributed by atoms with Gasteiger partial charge in [-0.1, -0.05) is 36.4 Å². The van der Waals surface area contributed by atoms with Crippen LogP contribution in [0.5, 0.6) is 5.75 Å². The van der Waals surface area contributed by atoms with Crippen molar-refractivity contribution < 1.29 is 40.2 Å². The van der Waals surface area contributed by atoms with Gasteiger partial charge in [-0.15, -0.1) is 13.2 Å². The summed E-state index contributed by atoms with van der Waals surface area (Å²) in [5, 5.41) is 0. The summed E-state index contributed by atoms with van der Waals surface area (Å²) in [5.41, 5.74) is 2.56. The second-order valence-corrected chi connectivity index (χ2v) is 10.6. The zero-order chi connectivity index (χ0) is 28.2. The Morgan fingerprint density at radius 1 is 0.769 bits per heavy atom. The van der Waals surface area contributed by atoms with Crippen LogP contribution in [0, 0.1) is 17.6 Å². The quantitative estimate of drug-likeness (QED) is 0.237. The van der Waals surface area contributed by atoms with Gasteiger partial charge in [0.2, 0.25) is 5.75 Å². The number of rotatable bonds is 8. The Morgan fingerprint density at radius 2 is 1.31 bits per heavy atom. The Kier molecular flexibility index (Phi) is 9.29. The average Bonchev–Trinajstić information content (AvgIpc) is 2.89. The van der Waals surface area contributed by atoms with E-state index in [0.717, 1.165) is 18.6 Å². The second-order valence-electron chi connectivity index (χ2n) is 10.6. The van der Waals surface area contributed by atoms with Crippen molar-refractivity contribution in [1.82, 2.24) is 0 Å². The Labute approximate surface area is 224 Å². The smallest absolute Gasteiger partial charge is 0.399 e. The Balaban J connectivity index is 1.27. The van der Waals surface area contributed by atoms with Crippen molar-refractivity contribution in [2.75, 3.05) is 0 Å². The predicted molar refractivity (Wildman–Crippen MR) is 134 cm³/mol. The number of allylic oxidation sites excluding steroid dienone is 2. The van der Waals surface area contributed by atoms with Crippen molar-refractivity contribution in [2.45, 2.75) is 95.1 Å². The molecule has 2 fully saturated rings. The van der Waals surface area contributed by atoms with Gasteiger partial charge in [0, 0.05) is 0 Å². The highest BCUT2D eigenvalue weighted by molar-refractivity contribution is 5.33. The van der Waals surface area contributed by atoms with Gasteiger partial charge in [-0.2, -0.15) is 8.78 Å². The van der Waals surface area contributed by atoms with Gasteiger partial charge in [0.05, 0.1) is 12.0 Å². The molecule has 0 atom stereocenters. The van der Waals surface area contributed by atoms with Gasteiger partial charge >= 0.3 is 12.5 Å². The van der Waals surface area contributed by atoms with Gasteiger partial charge in [-0.25, -0.2) is 8.78 Å². The fraction of sp³-hybridized carbons (Fsp3) is 0.533. The fourth-order valence-corrected chi connectivity index (χ4v) is 5.80. The molecule has 0 amide bonds. The third kappa shape index (κ3) is 7.77. The predicted octanol–water partition coefficient (Wildman–Crippen LogP) is 9.59. The number of ether oxygens (including phenoxy) is 2. The zero-order valence-electron chi connectivity index (χ0n) is 21.8. The van der Waals surface area contributed by atoms with Crippen molar-refractivity contribution in [3.63, 3.8) is 0 Å². The molecule has 0 heterocycles. The van der Waals surface area contributed by atoms with E-state index in [-0.39, 0.29) is 30.2 Å². The third-order valence-corrected chi connectivity index (χ3v) is 7.95. The monoisotopic (exact) mass is 558 g/mol. The van der Waals surface area contributed by atoms with Crippen LogP contribution in [0.15, 0.2) is 48.6 Å². The normalized spacial score (nSPS) is 24.7. The molecule has 2 aliphatic rings. The van der Waals surface area contributed by atoms with E-state index in [1.165, 1.54) is 11.1 Å². The van der Waals surface area contributed by atoms with Crippen LogP contribution >= 0.6 is 0 Å². The summed E-state index contributed by atoms with van der Waals surface area (Å²) in [5.74, 6) is -5.40. The van der Waals surface area contributed by atoms with E-state index < -0.39 is 41.9 Å². The molecule has 2 aromatic rings. The number of benzene rings is 2. The van der Waals surface area contributed by atoms with Gasteiger partial charge in [0.1, 0.15) is 0 Å². The van der Waals surface area contributed by atoms with Crippen molar-refractivity contribution in [3.05, 3.63) is 76.9 Å². The van der Waals surface area contributed by atoms with E-state index in [1.807, 2.05) is 13.0 Å². The lowest BCUT2D eigenvalue weighted by Crippen LogP contribution is -2.38. The summed E-state index contributed by atoms with van der Waals surface area (Å²) < 4.78 is 104. The Hall–Kier alpha value is -2.55. The lowest BCUT2D eigenvalue weighted by molar-refractivity contribution is -0.300. The topological polar surface area (TPSA) is 18.5 Å². The minimum absolute atomic E-state index is 0.179. The van der Waals surface area contributed by atoms with Gasteiger partial charge < -0.3 is 9.47 Å². The molecule has 0 saturated heterocycles. The molecule has 214 valence electrons. The summed E-state index contributed by atoms with van der Waals surface area (Å²) >= 11 is 0. The summed E-state index contributed by atoms with van der Waals surface area (Å²) in [6, 6.07) is 9.99. The summed E-state index contributed by atoms with van der Waals surface area (Å²) in [4.78, 5) is 0. The molecule has 0 bridgehead atoms. The van der Waals surface area contributed by atoms with Crippen LogP contribution in [0.2, 0.25) is 0 Å². The molecular formula is C30H33F7O2. The molecule has 2 aliphatic carbocycles. The number of halogens is 7. The second kappa shape index (κ2) is 12.3. The lowest BCUT2D eigenvalue weighted by atomic mass is 9.78. The largest absolute Gasteiger partial charge is 0.573 e. The first-order valence-corrected chi connectivity index (χ1v) is 13.5. The van der Waals surface area contributed by atoms with Crippen molar-refractivity contribution >= 4 is 0 Å². The van der Waals surface area contributed by atoms with Crippen LogP contribution in [-0.4, -0.2) is 18.6 Å². The fourth-order valence-electron chi connectivity index (χ4n) is 5.80. The zero-order valence-corrected chi connectivity index (χ0v) is 21.8. The van der Waals surface area contributed by atoms with Gasteiger partial charge in [0.15, 0.2) is 11.6 Å². The van der Waals surface area contributed by atoms with Crippen LogP contribution in [-0.2, 0) is 11.2 Å². The number of alkyl halides is 5. The lowest BCUT2D eigenvalue weighted by Gasteiger charge is -2.37. The maximum Gasteiger partial charge on any atom is 0.573 e. The SMILES string of the molecule is C/C=C/Cc1ccc(C2CCC(C(F)(F)OC3CCC(c4cc(F)c(OC(F)(F)F)c(F)c4)CC3)CC2)cc1. The maximum atomic E-state index is 15.1. The molecule has 0 unspecified atom stereocenters. The molecule has 0 aliphatic heterocycles. The molecule has 2 aromatic carbocycles. The highest BCUT2D eigenvalue weighted by atomic mass is 19.4.